The summed E-state index contributed by atoms with van der Waals surface area (Å²) in [4.78, 5) is 2.46. The normalized spacial score (nSPS) is 23.1. The van der Waals surface area contributed by atoms with Crippen LogP contribution >= 0.6 is 11.6 Å². The summed E-state index contributed by atoms with van der Waals surface area (Å²) in [6.07, 6.45) is 5.24. The van der Waals surface area contributed by atoms with Crippen LogP contribution in [0.2, 0.25) is 5.02 Å². The maximum Gasteiger partial charge on any atom is 0.141 e. The predicted molar refractivity (Wildman–Crippen MR) is 75.9 cm³/mol. The number of hydrogen-bond donors (Lipinski definition) is 1. The molecule has 2 fully saturated rings. The fourth-order valence-corrected chi connectivity index (χ4v) is 3.66. The van der Waals surface area contributed by atoms with Crippen LogP contribution in [0, 0.1) is 5.82 Å². The molecule has 1 N–H and O–H groups in total. The Morgan fingerprint density at radius 1 is 1.32 bits per heavy atom. The van der Waals surface area contributed by atoms with Crippen molar-refractivity contribution in [3.05, 3.63) is 34.6 Å². The van der Waals surface area contributed by atoms with Crippen LogP contribution in [0.3, 0.4) is 0 Å². The van der Waals surface area contributed by atoms with Gasteiger partial charge in [-0.15, -0.1) is 0 Å². The van der Waals surface area contributed by atoms with Crippen molar-refractivity contribution >= 4 is 11.6 Å². The highest BCUT2D eigenvalue weighted by molar-refractivity contribution is 6.30. The number of rotatable bonds is 2. The van der Waals surface area contributed by atoms with Gasteiger partial charge in [-0.2, -0.15) is 0 Å². The molecule has 1 heterocycles. The van der Waals surface area contributed by atoms with E-state index in [-0.39, 0.29) is 10.8 Å². The number of nitrogens with one attached hydrogen (secondary N) is 1. The summed E-state index contributed by atoms with van der Waals surface area (Å²) in [5, 5.41) is 3.93. The average molecular weight is 283 g/mol. The summed E-state index contributed by atoms with van der Waals surface area (Å²) < 4.78 is 13.2. The van der Waals surface area contributed by atoms with Crippen LogP contribution in [0.15, 0.2) is 18.2 Å². The Labute approximate surface area is 118 Å². The quantitative estimate of drug-likeness (QED) is 0.896. The van der Waals surface area contributed by atoms with Crippen molar-refractivity contribution in [2.45, 2.75) is 37.8 Å². The second-order valence-corrected chi connectivity index (χ2v) is 6.28. The van der Waals surface area contributed by atoms with Crippen molar-refractivity contribution in [3.63, 3.8) is 0 Å². The Bertz CT molecular complexity index is 457. The second-order valence-electron chi connectivity index (χ2n) is 5.87. The molecule has 3 rings (SSSR count). The molecule has 104 valence electrons. The van der Waals surface area contributed by atoms with Gasteiger partial charge in [0.1, 0.15) is 5.82 Å². The lowest BCUT2D eigenvalue weighted by molar-refractivity contribution is 0.129. The fraction of sp³-hybridized carbons (Fsp3) is 0.600. The molecule has 0 radical (unpaired) electrons. The van der Waals surface area contributed by atoms with Crippen LogP contribution < -0.4 is 5.32 Å². The lowest BCUT2D eigenvalue weighted by atomic mass is 9.94. The minimum atomic E-state index is -0.335. The zero-order valence-corrected chi connectivity index (χ0v) is 11.8. The summed E-state index contributed by atoms with van der Waals surface area (Å²) in [5.74, 6) is -0.335. The van der Waals surface area contributed by atoms with Crippen LogP contribution in [-0.2, 0) is 6.54 Å². The third-order valence-corrected chi connectivity index (χ3v) is 4.69. The van der Waals surface area contributed by atoms with Crippen LogP contribution in [-0.4, -0.2) is 30.1 Å². The molecular formula is C15H20ClFN2. The molecular weight excluding hydrogens is 263 g/mol. The SMILES string of the molecule is Fc1ccc(CN2CCNC3(CCCC3)C2)cc1Cl. The molecule has 4 heteroatoms. The standard InChI is InChI=1S/C15H20ClFN2/c16-13-9-12(3-4-14(13)17)10-19-8-7-18-15(11-19)5-1-2-6-15/h3-4,9,18H,1-2,5-8,10-11H2. The van der Waals surface area contributed by atoms with E-state index in [9.17, 15) is 4.39 Å². The molecule has 1 spiro atoms. The van der Waals surface area contributed by atoms with Gasteiger partial charge in [-0.1, -0.05) is 30.5 Å². The molecule has 1 aliphatic heterocycles. The Kier molecular flexibility index (Phi) is 3.79. The Morgan fingerprint density at radius 2 is 2.11 bits per heavy atom. The van der Waals surface area contributed by atoms with Gasteiger partial charge in [-0.05, 0) is 30.5 Å². The number of nitrogens with zero attached hydrogens (tertiary/aromatic N) is 1. The molecule has 1 aromatic carbocycles. The minimum absolute atomic E-state index is 0.225. The molecule has 2 nitrogen and oxygen atoms in total. The van der Waals surface area contributed by atoms with Gasteiger partial charge in [-0.3, -0.25) is 4.90 Å². The van der Waals surface area contributed by atoms with E-state index in [1.165, 1.54) is 31.7 Å². The molecule has 0 unspecified atom stereocenters. The molecule has 2 aliphatic rings. The third-order valence-electron chi connectivity index (χ3n) is 4.41. The zero-order chi connectivity index (χ0) is 13.3. The number of halogens is 2. The van der Waals surface area contributed by atoms with E-state index in [1.54, 1.807) is 6.07 Å². The highest BCUT2D eigenvalue weighted by atomic mass is 35.5. The predicted octanol–water partition coefficient (Wildman–Crippen LogP) is 3.20. The summed E-state index contributed by atoms with van der Waals surface area (Å²) >= 11 is 5.85. The van der Waals surface area contributed by atoms with E-state index >= 15 is 0 Å². The van der Waals surface area contributed by atoms with E-state index in [4.69, 9.17) is 11.6 Å². The Balaban J connectivity index is 1.67. The van der Waals surface area contributed by atoms with Crippen LogP contribution in [0.5, 0.6) is 0 Å². The minimum Gasteiger partial charge on any atom is -0.309 e. The number of hydrogen-bond acceptors (Lipinski definition) is 2. The molecule has 0 bridgehead atoms. The van der Waals surface area contributed by atoms with Crippen LogP contribution in [0.1, 0.15) is 31.2 Å². The average Bonchev–Trinajstić information content (AvgIpc) is 2.82. The number of benzene rings is 1. The first kappa shape index (κ1) is 13.3. The smallest absolute Gasteiger partial charge is 0.141 e. The van der Waals surface area contributed by atoms with E-state index in [0.29, 0.717) is 5.54 Å². The molecule has 19 heavy (non-hydrogen) atoms. The first-order valence-corrected chi connectivity index (χ1v) is 7.46. The summed E-state index contributed by atoms with van der Waals surface area (Å²) in [7, 11) is 0. The molecule has 0 aromatic heterocycles. The van der Waals surface area contributed by atoms with Crippen molar-refractivity contribution in [2.24, 2.45) is 0 Å². The first-order chi connectivity index (χ1) is 9.17. The van der Waals surface area contributed by atoms with Gasteiger partial charge in [-0.25, -0.2) is 4.39 Å². The molecule has 0 amide bonds. The molecule has 1 aliphatic carbocycles. The molecule has 1 saturated carbocycles. The summed E-state index contributed by atoms with van der Waals surface area (Å²) in [6.45, 7) is 4.07. The van der Waals surface area contributed by atoms with Crippen molar-refractivity contribution in [2.75, 3.05) is 19.6 Å². The summed E-state index contributed by atoms with van der Waals surface area (Å²) in [5.41, 5.74) is 1.43. The molecule has 1 saturated heterocycles. The van der Waals surface area contributed by atoms with E-state index in [0.717, 1.165) is 31.7 Å². The van der Waals surface area contributed by atoms with Gasteiger partial charge in [0.2, 0.25) is 0 Å². The van der Waals surface area contributed by atoms with Crippen molar-refractivity contribution < 1.29 is 4.39 Å². The van der Waals surface area contributed by atoms with Crippen molar-refractivity contribution in [1.29, 1.82) is 0 Å². The van der Waals surface area contributed by atoms with E-state index < -0.39 is 0 Å². The van der Waals surface area contributed by atoms with Gasteiger partial charge in [0.05, 0.1) is 5.02 Å². The van der Waals surface area contributed by atoms with Gasteiger partial charge in [0.15, 0.2) is 0 Å². The lowest BCUT2D eigenvalue weighted by Crippen LogP contribution is -2.58. The largest absolute Gasteiger partial charge is 0.309 e. The van der Waals surface area contributed by atoms with Crippen molar-refractivity contribution in [1.82, 2.24) is 10.2 Å². The maximum absolute atomic E-state index is 13.2. The topological polar surface area (TPSA) is 15.3 Å². The Hall–Kier alpha value is -0.640. The zero-order valence-electron chi connectivity index (χ0n) is 11.1. The second kappa shape index (κ2) is 5.39. The van der Waals surface area contributed by atoms with Crippen molar-refractivity contribution in [3.8, 4) is 0 Å². The monoisotopic (exact) mass is 282 g/mol. The van der Waals surface area contributed by atoms with Gasteiger partial charge in [0, 0.05) is 31.7 Å². The van der Waals surface area contributed by atoms with Gasteiger partial charge >= 0.3 is 0 Å². The fourth-order valence-electron chi connectivity index (χ4n) is 3.46. The highest BCUT2D eigenvalue weighted by Gasteiger charge is 2.37. The number of piperazine rings is 1. The molecule has 1 aromatic rings. The molecule has 0 atom stereocenters. The third kappa shape index (κ3) is 2.93. The van der Waals surface area contributed by atoms with Crippen LogP contribution in [0.4, 0.5) is 4.39 Å². The van der Waals surface area contributed by atoms with Crippen LogP contribution in [0.25, 0.3) is 0 Å². The summed E-state index contributed by atoms with van der Waals surface area (Å²) in [6, 6.07) is 5.05. The Morgan fingerprint density at radius 3 is 2.84 bits per heavy atom. The first-order valence-electron chi connectivity index (χ1n) is 7.08. The van der Waals surface area contributed by atoms with Gasteiger partial charge in [0.25, 0.3) is 0 Å². The maximum atomic E-state index is 13.2. The highest BCUT2D eigenvalue weighted by Crippen LogP contribution is 2.32. The van der Waals surface area contributed by atoms with E-state index in [2.05, 4.69) is 10.2 Å². The van der Waals surface area contributed by atoms with Gasteiger partial charge < -0.3 is 5.32 Å². The van der Waals surface area contributed by atoms with E-state index in [1.807, 2.05) is 6.07 Å². The lowest BCUT2D eigenvalue weighted by Gasteiger charge is -2.41.